The van der Waals surface area contributed by atoms with E-state index >= 15 is 0 Å². The summed E-state index contributed by atoms with van der Waals surface area (Å²) in [6.07, 6.45) is 3.57. The molecule has 0 bridgehead atoms. The molecule has 0 aromatic rings. The molecule has 0 aliphatic rings. The molecule has 0 spiro atoms. The van der Waals surface area contributed by atoms with Gasteiger partial charge in [0.25, 0.3) is 0 Å². The van der Waals surface area contributed by atoms with Crippen molar-refractivity contribution in [2.24, 2.45) is 0 Å². The van der Waals surface area contributed by atoms with Crippen LogP contribution in [0.3, 0.4) is 0 Å². The lowest BCUT2D eigenvalue weighted by Gasteiger charge is -2.19. The van der Waals surface area contributed by atoms with Crippen LogP contribution in [0, 0.1) is 0 Å². The van der Waals surface area contributed by atoms with Gasteiger partial charge in [-0.3, -0.25) is 0 Å². The van der Waals surface area contributed by atoms with Gasteiger partial charge in [-0.2, -0.15) is 0 Å². The van der Waals surface area contributed by atoms with E-state index in [9.17, 15) is 0 Å². The van der Waals surface area contributed by atoms with Crippen molar-refractivity contribution in [1.82, 2.24) is 0 Å². The molecule has 0 fully saturated rings. The van der Waals surface area contributed by atoms with E-state index in [1.165, 1.54) is 34.8 Å². The van der Waals surface area contributed by atoms with Crippen molar-refractivity contribution in [3.8, 4) is 0 Å². The summed E-state index contributed by atoms with van der Waals surface area (Å²) in [5, 5.41) is 0. The van der Waals surface area contributed by atoms with Crippen LogP contribution in [0.5, 0.6) is 0 Å². The van der Waals surface area contributed by atoms with Crippen molar-refractivity contribution >= 4 is 18.3 Å². The molecule has 0 radical (unpaired) electrons. The normalized spacial score (nSPS) is 11.8. The van der Waals surface area contributed by atoms with Crippen molar-refractivity contribution in [3.05, 3.63) is 12.7 Å². The van der Waals surface area contributed by atoms with Crippen molar-refractivity contribution in [2.45, 2.75) is 37.6 Å². The summed E-state index contributed by atoms with van der Waals surface area (Å²) in [5.41, 5.74) is 0. The first-order chi connectivity index (χ1) is 4.62. The highest BCUT2D eigenvalue weighted by atomic mass is 28.3. The molecule has 0 nitrogen and oxygen atoms in total. The maximum atomic E-state index is 3.80. The fourth-order valence-corrected chi connectivity index (χ4v) is 4.51. The monoisotopic (exact) mass is 172 g/mol. The molecule has 0 saturated heterocycles. The van der Waals surface area contributed by atoms with Gasteiger partial charge in [0.2, 0.25) is 0 Å². The van der Waals surface area contributed by atoms with Crippen molar-refractivity contribution in [2.75, 3.05) is 0 Å². The maximum Gasteiger partial charge on any atom is 0.0511 e. The predicted molar refractivity (Wildman–Crippen MR) is 56.7 cm³/mol. The molecule has 0 aliphatic carbocycles. The van der Waals surface area contributed by atoms with Crippen molar-refractivity contribution < 1.29 is 0 Å². The van der Waals surface area contributed by atoms with Gasteiger partial charge in [-0.1, -0.05) is 37.7 Å². The molecule has 0 aliphatic heterocycles. The largest absolute Gasteiger partial charge is 0.103 e. The number of hydrogen-bond donors (Lipinski definition) is 0. The topological polar surface area (TPSA) is 0 Å². The van der Waals surface area contributed by atoms with Crippen LogP contribution in [0.15, 0.2) is 12.7 Å². The summed E-state index contributed by atoms with van der Waals surface area (Å²) in [4.78, 5) is 0. The number of allylic oxidation sites excluding steroid dienone is 1. The Labute approximate surface area is 69.2 Å². The maximum absolute atomic E-state index is 3.80. The molecule has 0 heterocycles. The van der Waals surface area contributed by atoms with Crippen LogP contribution in [0.25, 0.3) is 0 Å². The lowest BCUT2D eigenvalue weighted by atomic mass is 10.6. The molecule has 0 N–H and O–H groups in total. The lowest BCUT2D eigenvalue weighted by Crippen LogP contribution is -2.23. The Bertz CT molecular complexity index is 97.4. The average molecular weight is 172 g/mol. The average Bonchev–Trinajstić information content (AvgIpc) is 1.84. The van der Waals surface area contributed by atoms with Gasteiger partial charge in [0.05, 0.1) is 8.07 Å². The Morgan fingerprint density at radius 1 is 1.50 bits per heavy atom. The van der Waals surface area contributed by atoms with Gasteiger partial charge in [0, 0.05) is 10.2 Å². The second-order valence-electron chi connectivity index (χ2n) is 3.76. The van der Waals surface area contributed by atoms with E-state index in [2.05, 4.69) is 25.7 Å². The minimum Gasteiger partial charge on any atom is -0.103 e. The minimum atomic E-state index is -0.820. The van der Waals surface area contributed by atoms with Gasteiger partial charge in [0.1, 0.15) is 0 Å². The summed E-state index contributed by atoms with van der Waals surface area (Å²) in [7, 11) is 0.563. The first kappa shape index (κ1) is 10.2. The minimum absolute atomic E-state index is 0.820. The second kappa shape index (κ2) is 4.91. The van der Waals surface area contributed by atoms with E-state index in [1.807, 2.05) is 0 Å². The predicted octanol–water partition coefficient (Wildman–Crippen LogP) is 2.05. The van der Waals surface area contributed by atoms with Crippen molar-refractivity contribution in [1.29, 1.82) is 0 Å². The molecule has 0 amide bonds. The van der Waals surface area contributed by atoms with Gasteiger partial charge >= 0.3 is 0 Å². The molecular formula is C8H20Si2. The van der Waals surface area contributed by atoms with Crippen LogP contribution < -0.4 is 0 Å². The van der Waals surface area contributed by atoms with Crippen LogP contribution in [0.2, 0.25) is 31.2 Å². The van der Waals surface area contributed by atoms with E-state index in [4.69, 9.17) is 0 Å². The third-order valence-corrected chi connectivity index (χ3v) is 5.71. The standard InChI is InChI=1S/C8H20Si2/c1-4-7-10(2,3)8-5-6-9/h4H,1,5-8H2,2-3,9H3. The molecule has 2 heteroatoms. The first-order valence-electron chi connectivity index (χ1n) is 4.23. The Morgan fingerprint density at radius 2 is 2.10 bits per heavy atom. The molecule has 0 atom stereocenters. The molecule has 10 heavy (non-hydrogen) atoms. The van der Waals surface area contributed by atoms with Gasteiger partial charge in [-0.15, -0.1) is 6.58 Å². The molecule has 0 rings (SSSR count). The second-order valence-corrected chi connectivity index (χ2v) is 10.00. The molecule has 0 saturated carbocycles. The zero-order valence-electron chi connectivity index (χ0n) is 7.61. The Morgan fingerprint density at radius 3 is 2.50 bits per heavy atom. The van der Waals surface area contributed by atoms with Gasteiger partial charge in [0.15, 0.2) is 0 Å². The zero-order valence-corrected chi connectivity index (χ0v) is 10.6. The number of hydrogen-bond acceptors (Lipinski definition) is 0. The van der Waals surface area contributed by atoms with Crippen LogP contribution in [0.4, 0.5) is 0 Å². The highest BCUT2D eigenvalue weighted by Gasteiger charge is 2.16. The molecule has 0 unspecified atom stereocenters. The summed E-state index contributed by atoms with van der Waals surface area (Å²) < 4.78 is 0. The number of rotatable bonds is 5. The van der Waals surface area contributed by atoms with Gasteiger partial charge in [-0.25, -0.2) is 0 Å². The van der Waals surface area contributed by atoms with E-state index in [0.29, 0.717) is 0 Å². The molecule has 0 aromatic carbocycles. The smallest absolute Gasteiger partial charge is 0.0511 e. The third-order valence-electron chi connectivity index (χ3n) is 1.90. The van der Waals surface area contributed by atoms with E-state index in [-0.39, 0.29) is 0 Å². The van der Waals surface area contributed by atoms with Crippen LogP contribution in [-0.4, -0.2) is 18.3 Å². The first-order valence-corrected chi connectivity index (χ1v) is 9.06. The summed E-state index contributed by atoms with van der Waals surface area (Å²) in [6.45, 7) is 8.73. The summed E-state index contributed by atoms with van der Waals surface area (Å²) in [6, 6.07) is 4.28. The van der Waals surface area contributed by atoms with E-state index < -0.39 is 8.07 Å². The Kier molecular flexibility index (Phi) is 4.99. The van der Waals surface area contributed by atoms with Crippen LogP contribution in [0.1, 0.15) is 6.42 Å². The SMILES string of the molecule is C=CC[Si](C)(C)CCC[SiH3]. The van der Waals surface area contributed by atoms with Gasteiger partial charge in [-0.05, 0) is 6.04 Å². The lowest BCUT2D eigenvalue weighted by molar-refractivity contribution is 1.04. The van der Waals surface area contributed by atoms with Gasteiger partial charge < -0.3 is 0 Å². The quantitative estimate of drug-likeness (QED) is 0.440. The van der Waals surface area contributed by atoms with Crippen molar-refractivity contribution in [3.63, 3.8) is 0 Å². The zero-order chi connectivity index (χ0) is 8.04. The highest BCUT2D eigenvalue weighted by Crippen LogP contribution is 2.18. The summed E-state index contributed by atoms with van der Waals surface area (Å²) >= 11 is 0. The fraction of sp³-hybridized carbons (Fsp3) is 0.750. The van der Waals surface area contributed by atoms with E-state index in [1.54, 1.807) is 0 Å². The Hall–Kier alpha value is 0.174. The summed E-state index contributed by atoms with van der Waals surface area (Å²) in [5.74, 6) is 0. The fourth-order valence-electron chi connectivity index (χ4n) is 1.15. The molecular weight excluding hydrogens is 152 g/mol. The van der Waals surface area contributed by atoms with E-state index in [0.717, 1.165) is 0 Å². The molecule has 0 aromatic heterocycles. The molecule has 60 valence electrons. The Balaban J connectivity index is 3.51. The van der Waals surface area contributed by atoms with Crippen LogP contribution in [-0.2, 0) is 0 Å². The highest BCUT2D eigenvalue weighted by molar-refractivity contribution is 6.77. The van der Waals surface area contributed by atoms with Crippen LogP contribution >= 0.6 is 0 Å². The third kappa shape index (κ3) is 5.00.